The van der Waals surface area contributed by atoms with Gasteiger partial charge in [0, 0.05) is 10.8 Å². The lowest BCUT2D eigenvalue weighted by atomic mass is 9.66. The number of hydrogen-bond donors (Lipinski definition) is 0. The second-order valence-corrected chi connectivity index (χ2v) is 30.8. The Morgan fingerprint density at radius 3 is 0.761 bits per heavy atom. The Bertz CT molecular complexity index is 1330. The fraction of sp³-hybridized carbons (Fsp3) is 0.714. The molecule has 0 aromatic heterocycles. The van der Waals surface area contributed by atoms with E-state index in [1.54, 1.807) is 0 Å². The number of rotatable bonds is 6. The maximum Gasteiger partial charge on any atom is 0.242 e. The van der Waals surface area contributed by atoms with Crippen LogP contribution in [0.4, 0.5) is 0 Å². The molecule has 258 valence electrons. The van der Waals surface area contributed by atoms with Crippen molar-refractivity contribution in [3.8, 4) is 11.5 Å². The Morgan fingerprint density at radius 2 is 0.609 bits per heavy atom. The molecular weight excluding hydrogens is 593 g/mol. The van der Waals surface area contributed by atoms with Crippen LogP contribution < -0.4 is 8.85 Å². The lowest BCUT2D eigenvalue weighted by molar-refractivity contribution is 0.223. The maximum atomic E-state index is 7.02. The van der Waals surface area contributed by atoms with Crippen LogP contribution in [0.25, 0.3) is 0 Å². The van der Waals surface area contributed by atoms with Crippen molar-refractivity contribution in [2.75, 3.05) is 0 Å². The van der Waals surface area contributed by atoms with Crippen LogP contribution >= 0.6 is 0 Å². The van der Waals surface area contributed by atoms with Gasteiger partial charge in [0.2, 0.25) is 16.6 Å². The SMILES string of the molecule is CC(C)(C)c1cc(C23C(C)(C)C2(c2cc(C(C)(C)C)c(O[Si](C)(C)C)c(C(C)(C)C)c2)C3(C)C)cc(C(C)(C)C)c1O[Si](C)(C)C. The van der Waals surface area contributed by atoms with Crippen molar-refractivity contribution in [1.29, 1.82) is 0 Å². The van der Waals surface area contributed by atoms with Gasteiger partial charge in [-0.15, -0.1) is 0 Å². The van der Waals surface area contributed by atoms with Gasteiger partial charge in [0.1, 0.15) is 11.5 Å². The molecule has 2 aromatic carbocycles. The highest BCUT2D eigenvalue weighted by molar-refractivity contribution is 6.70. The molecule has 0 atom stereocenters. The van der Waals surface area contributed by atoms with Crippen molar-refractivity contribution in [3.63, 3.8) is 0 Å². The zero-order valence-corrected chi connectivity index (χ0v) is 36.1. The molecule has 0 bridgehead atoms. The van der Waals surface area contributed by atoms with E-state index in [1.807, 2.05) is 0 Å². The molecule has 4 rings (SSSR count). The summed E-state index contributed by atoms with van der Waals surface area (Å²) in [6.07, 6.45) is 0. The van der Waals surface area contributed by atoms with Gasteiger partial charge < -0.3 is 8.85 Å². The topological polar surface area (TPSA) is 18.5 Å². The van der Waals surface area contributed by atoms with Gasteiger partial charge >= 0.3 is 0 Å². The summed E-state index contributed by atoms with van der Waals surface area (Å²) >= 11 is 0. The van der Waals surface area contributed by atoms with E-state index in [-0.39, 0.29) is 43.3 Å². The molecule has 2 saturated carbocycles. The summed E-state index contributed by atoms with van der Waals surface area (Å²) in [5.41, 5.74) is 8.49. The second kappa shape index (κ2) is 10.0. The third kappa shape index (κ3) is 5.29. The average Bonchev–Trinajstić information content (AvgIpc) is 3.50. The predicted molar refractivity (Wildman–Crippen MR) is 207 cm³/mol. The molecule has 0 radical (unpaired) electrons. The second-order valence-electron chi connectivity index (χ2n) is 22.0. The van der Waals surface area contributed by atoms with Crippen LogP contribution in [-0.2, 0) is 32.5 Å². The largest absolute Gasteiger partial charge is 0.544 e. The molecule has 0 amide bonds. The van der Waals surface area contributed by atoms with E-state index < -0.39 is 16.6 Å². The maximum absolute atomic E-state index is 7.02. The first kappa shape index (κ1) is 37.3. The van der Waals surface area contributed by atoms with E-state index in [0.717, 1.165) is 11.5 Å². The first-order chi connectivity index (χ1) is 20.1. The van der Waals surface area contributed by atoms with Gasteiger partial charge in [-0.1, -0.05) is 135 Å². The minimum absolute atomic E-state index is 0.0240. The molecule has 2 nitrogen and oxygen atoms in total. The highest BCUT2D eigenvalue weighted by Gasteiger charge is 3.06. The van der Waals surface area contributed by atoms with Crippen molar-refractivity contribution < 1.29 is 8.85 Å². The van der Waals surface area contributed by atoms with E-state index >= 15 is 0 Å². The Kier molecular flexibility index (Phi) is 8.12. The molecule has 0 saturated heterocycles. The van der Waals surface area contributed by atoms with Gasteiger partial charge in [-0.3, -0.25) is 0 Å². The summed E-state index contributed by atoms with van der Waals surface area (Å²) in [7, 11) is -3.72. The summed E-state index contributed by atoms with van der Waals surface area (Å²) in [6.45, 7) is 52.4. The first-order valence-corrected chi connectivity index (χ1v) is 24.7. The smallest absolute Gasteiger partial charge is 0.242 e. The van der Waals surface area contributed by atoms with E-state index in [0.29, 0.717) is 0 Å². The van der Waals surface area contributed by atoms with Crippen molar-refractivity contribution >= 4 is 16.6 Å². The molecule has 4 heteroatoms. The fourth-order valence-electron chi connectivity index (χ4n) is 9.88. The van der Waals surface area contributed by atoms with Gasteiger partial charge in [-0.2, -0.15) is 0 Å². The van der Waals surface area contributed by atoms with E-state index in [1.165, 1.54) is 33.4 Å². The summed E-state index contributed by atoms with van der Waals surface area (Å²) in [4.78, 5) is 0. The number of hydrogen-bond acceptors (Lipinski definition) is 2. The van der Waals surface area contributed by atoms with Crippen LogP contribution in [0.2, 0.25) is 39.3 Å². The molecule has 2 fully saturated rings. The van der Waals surface area contributed by atoms with Crippen molar-refractivity contribution in [1.82, 2.24) is 0 Å². The molecule has 2 aliphatic rings. The van der Waals surface area contributed by atoms with Gasteiger partial charge in [-0.25, -0.2) is 0 Å². The zero-order chi connectivity index (χ0) is 35.9. The highest BCUT2D eigenvalue weighted by Crippen LogP contribution is 3.04. The number of benzene rings is 2. The van der Waals surface area contributed by atoms with Crippen LogP contribution in [0.15, 0.2) is 24.3 Å². The Balaban J connectivity index is 2.11. The number of fused-ring (bicyclic) bond motifs is 1. The highest BCUT2D eigenvalue weighted by atomic mass is 28.4. The third-order valence-corrected chi connectivity index (χ3v) is 12.9. The Labute approximate surface area is 287 Å². The summed E-state index contributed by atoms with van der Waals surface area (Å²) in [6, 6.07) is 10.3. The first-order valence-electron chi connectivity index (χ1n) is 17.9. The van der Waals surface area contributed by atoms with Crippen LogP contribution in [0, 0.1) is 10.8 Å². The Hall–Kier alpha value is -1.53. The minimum atomic E-state index is -1.86. The predicted octanol–water partition coefficient (Wildman–Crippen LogP) is 12.6. The van der Waals surface area contributed by atoms with Crippen LogP contribution in [0.3, 0.4) is 0 Å². The van der Waals surface area contributed by atoms with E-state index in [4.69, 9.17) is 8.85 Å². The van der Waals surface area contributed by atoms with Gasteiger partial charge in [0.05, 0.1) is 0 Å². The van der Waals surface area contributed by atoms with E-state index in [9.17, 15) is 0 Å². The molecule has 0 heterocycles. The summed E-state index contributed by atoms with van der Waals surface area (Å²) in [5.74, 6) is 2.28. The molecule has 0 unspecified atom stereocenters. The van der Waals surface area contributed by atoms with Crippen molar-refractivity contribution in [2.24, 2.45) is 10.8 Å². The van der Waals surface area contributed by atoms with Gasteiger partial charge in [0.25, 0.3) is 0 Å². The quantitative estimate of drug-likeness (QED) is 0.287. The molecule has 2 aliphatic carbocycles. The summed E-state index contributed by atoms with van der Waals surface area (Å²) in [5, 5.41) is 0. The standard InChI is InChI=1S/C42H70O2Si2/c1-35(2,3)29-23-27(24-30(36(4,5)6)33(29)43-45(17,18)19)41-39(13,14)42(41,40(41,15)16)28-25-31(37(7,8)9)34(44-46(20,21)22)32(26-28)38(10,11)12/h23-26H,1-22H3. The monoisotopic (exact) mass is 662 g/mol. The van der Waals surface area contributed by atoms with Gasteiger partial charge in [0.15, 0.2) is 0 Å². The van der Waals surface area contributed by atoms with Crippen molar-refractivity contribution in [3.05, 3.63) is 57.6 Å². The average molecular weight is 663 g/mol. The third-order valence-electron chi connectivity index (χ3n) is 11.3. The summed E-state index contributed by atoms with van der Waals surface area (Å²) < 4.78 is 14.0. The Morgan fingerprint density at radius 1 is 0.413 bits per heavy atom. The van der Waals surface area contributed by atoms with Gasteiger partial charge in [-0.05, 0) is 105 Å². The molecule has 0 aliphatic heterocycles. The van der Waals surface area contributed by atoms with Crippen molar-refractivity contribution in [2.45, 2.75) is 183 Å². The van der Waals surface area contributed by atoms with Crippen LogP contribution in [0.1, 0.15) is 144 Å². The lowest BCUT2D eigenvalue weighted by Gasteiger charge is -2.39. The zero-order valence-electron chi connectivity index (χ0n) is 34.1. The fourth-order valence-corrected chi connectivity index (χ4v) is 11.5. The van der Waals surface area contributed by atoms with Crippen LogP contribution in [0.5, 0.6) is 11.5 Å². The van der Waals surface area contributed by atoms with E-state index in [2.05, 4.69) is 174 Å². The molecule has 0 spiro atoms. The molecule has 2 aromatic rings. The molecular formula is C42H70O2Si2. The minimum Gasteiger partial charge on any atom is -0.544 e. The van der Waals surface area contributed by atoms with Crippen LogP contribution in [-0.4, -0.2) is 16.6 Å². The lowest BCUT2D eigenvalue weighted by Crippen LogP contribution is -2.35. The molecule has 0 N–H and O–H groups in total. The molecule has 46 heavy (non-hydrogen) atoms. The normalized spacial score (nSPS) is 24.4.